The van der Waals surface area contributed by atoms with Crippen LogP contribution in [-0.2, 0) is 4.79 Å². The number of aromatic nitrogens is 2. The van der Waals surface area contributed by atoms with E-state index in [2.05, 4.69) is 4.98 Å². The van der Waals surface area contributed by atoms with Crippen LogP contribution in [0.25, 0.3) is 11.0 Å². The van der Waals surface area contributed by atoms with Crippen LogP contribution in [0.3, 0.4) is 0 Å². The highest BCUT2D eigenvalue weighted by Crippen LogP contribution is 2.24. The van der Waals surface area contributed by atoms with Crippen molar-refractivity contribution in [3.05, 3.63) is 23.8 Å². The number of anilines is 1. The maximum absolute atomic E-state index is 11.2. The van der Waals surface area contributed by atoms with Crippen LogP contribution in [0.5, 0.6) is 0 Å². The van der Waals surface area contributed by atoms with Crippen LogP contribution in [0.1, 0.15) is 18.5 Å². The van der Waals surface area contributed by atoms with Gasteiger partial charge in [-0.25, -0.2) is 4.98 Å². The van der Waals surface area contributed by atoms with Gasteiger partial charge >= 0.3 is 0 Å². The van der Waals surface area contributed by atoms with Crippen LogP contribution in [0, 0.1) is 6.92 Å². The van der Waals surface area contributed by atoms with Crippen molar-refractivity contribution in [1.29, 1.82) is 0 Å². The van der Waals surface area contributed by atoms with Crippen molar-refractivity contribution in [1.82, 2.24) is 9.55 Å². The van der Waals surface area contributed by atoms with Crippen LogP contribution >= 0.6 is 0 Å². The number of primary amides is 1. The third-order valence-electron chi connectivity index (χ3n) is 2.75. The maximum Gasteiger partial charge on any atom is 0.240 e. The van der Waals surface area contributed by atoms with Gasteiger partial charge in [0.05, 0.1) is 11.0 Å². The Labute approximate surface area is 93.1 Å². The minimum atomic E-state index is -0.494. The molecule has 0 aliphatic heterocycles. The quantitative estimate of drug-likeness (QED) is 0.787. The minimum Gasteiger partial charge on any atom is -0.369 e. The highest BCUT2D eigenvalue weighted by Gasteiger charge is 2.18. The van der Waals surface area contributed by atoms with Gasteiger partial charge in [-0.3, -0.25) is 9.36 Å². The second kappa shape index (κ2) is 3.52. The van der Waals surface area contributed by atoms with Crippen LogP contribution in [0.15, 0.2) is 18.2 Å². The van der Waals surface area contributed by atoms with E-state index in [4.69, 9.17) is 11.5 Å². The Morgan fingerprint density at radius 3 is 2.81 bits per heavy atom. The van der Waals surface area contributed by atoms with E-state index < -0.39 is 11.9 Å². The molecule has 5 heteroatoms. The smallest absolute Gasteiger partial charge is 0.240 e. The fourth-order valence-corrected chi connectivity index (χ4v) is 1.81. The number of carbonyl (C=O) groups is 1. The summed E-state index contributed by atoms with van der Waals surface area (Å²) in [5, 5.41) is 0. The second-order valence-corrected chi connectivity index (χ2v) is 3.86. The molecule has 16 heavy (non-hydrogen) atoms. The molecule has 2 aromatic rings. The number of aryl methyl sites for hydroxylation is 1. The molecule has 1 aromatic carbocycles. The van der Waals surface area contributed by atoms with Crippen molar-refractivity contribution >= 4 is 22.9 Å². The summed E-state index contributed by atoms with van der Waals surface area (Å²) < 4.78 is 1.66. The summed E-state index contributed by atoms with van der Waals surface area (Å²) in [6, 6.07) is 5.24. The van der Waals surface area contributed by atoms with Gasteiger partial charge in [0.25, 0.3) is 0 Å². The number of amides is 1. The molecular weight excluding hydrogens is 204 g/mol. The first-order valence-electron chi connectivity index (χ1n) is 5.04. The summed E-state index contributed by atoms with van der Waals surface area (Å²) in [6.45, 7) is 3.66. The van der Waals surface area contributed by atoms with Crippen LogP contribution in [0.4, 0.5) is 5.95 Å². The van der Waals surface area contributed by atoms with Gasteiger partial charge in [0.2, 0.25) is 11.9 Å². The third kappa shape index (κ3) is 1.41. The molecule has 0 saturated carbocycles. The third-order valence-corrected chi connectivity index (χ3v) is 2.75. The molecule has 0 aliphatic carbocycles. The van der Waals surface area contributed by atoms with Gasteiger partial charge < -0.3 is 11.5 Å². The number of nitrogen functional groups attached to an aromatic ring is 1. The molecule has 5 nitrogen and oxygen atoms in total. The monoisotopic (exact) mass is 218 g/mol. The SMILES string of the molecule is Cc1cccc2c1nc(N)n2C(C)C(N)=O. The summed E-state index contributed by atoms with van der Waals surface area (Å²) in [6.07, 6.45) is 0. The highest BCUT2D eigenvalue weighted by atomic mass is 16.1. The molecular formula is C11H14N4O. The van der Waals surface area contributed by atoms with E-state index in [9.17, 15) is 4.79 Å². The Balaban J connectivity index is 2.74. The van der Waals surface area contributed by atoms with Crippen LogP contribution in [0.2, 0.25) is 0 Å². The number of rotatable bonds is 2. The van der Waals surface area contributed by atoms with Crippen LogP contribution in [-0.4, -0.2) is 15.5 Å². The van der Waals surface area contributed by atoms with E-state index in [0.29, 0.717) is 5.95 Å². The molecule has 0 aliphatic rings. The van der Waals surface area contributed by atoms with Crippen molar-refractivity contribution in [3.8, 4) is 0 Å². The van der Waals surface area contributed by atoms with Gasteiger partial charge in [0.15, 0.2) is 0 Å². The molecule has 1 unspecified atom stereocenters. The van der Waals surface area contributed by atoms with Gasteiger partial charge in [-0.1, -0.05) is 12.1 Å². The van der Waals surface area contributed by atoms with E-state index in [1.807, 2.05) is 25.1 Å². The highest BCUT2D eigenvalue weighted by molar-refractivity contribution is 5.86. The Hall–Kier alpha value is -2.04. The average molecular weight is 218 g/mol. The first kappa shape index (κ1) is 10.5. The van der Waals surface area contributed by atoms with Crippen molar-refractivity contribution in [2.24, 2.45) is 5.73 Å². The van der Waals surface area contributed by atoms with Gasteiger partial charge in [-0.05, 0) is 25.5 Å². The topological polar surface area (TPSA) is 86.9 Å². The number of nitrogens with zero attached hydrogens (tertiary/aromatic N) is 2. The van der Waals surface area contributed by atoms with E-state index >= 15 is 0 Å². The standard InChI is InChI=1S/C11H14N4O/c1-6-4-3-5-8-9(6)14-11(13)15(8)7(2)10(12)16/h3-5,7H,1-2H3,(H2,12,16)(H2,13,14). The van der Waals surface area contributed by atoms with E-state index in [1.54, 1.807) is 11.5 Å². The number of carbonyl (C=O) groups excluding carboxylic acids is 1. The fourth-order valence-electron chi connectivity index (χ4n) is 1.81. The average Bonchev–Trinajstić information content (AvgIpc) is 2.55. The van der Waals surface area contributed by atoms with Gasteiger partial charge in [0, 0.05) is 0 Å². The zero-order chi connectivity index (χ0) is 11.9. The molecule has 0 radical (unpaired) electrons. The van der Waals surface area contributed by atoms with E-state index in [1.165, 1.54) is 0 Å². The van der Waals surface area contributed by atoms with Gasteiger partial charge in [-0.15, -0.1) is 0 Å². The summed E-state index contributed by atoms with van der Waals surface area (Å²) in [5.41, 5.74) is 13.8. The van der Waals surface area contributed by atoms with Crippen LogP contribution < -0.4 is 11.5 Å². The zero-order valence-electron chi connectivity index (χ0n) is 9.27. The second-order valence-electron chi connectivity index (χ2n) is 3.86. The van der Waals surface area contributed by atoms with Crippen molar-refractivity contribution in [3.63, 3.8) is 0 Å². The predicted octanol–water partition coefficient (Wildman–Crippen LogP) is 0.973. The van der Waals surface area contributed by atoms with Crippen molar-refractivity contribution in [2.45, 2.75) is 19.9 Å². The minimum absolute atomic E-state index is 0.315. The molecule has 1 amide bonds. The Kier molecular flexibility index (Phi) is 2.30. The summed E-state index contributed by atoms with van der Waals surface area (Å²) in [7, 11) is 0. The Morgan fingerprint density at radius 1 is 1.50 bits per heavy atom. The van der Waals surface area contributed by atoms with E-state index in [-0.39, 0.29) is 0 Å². The molecule has 1 aromatic heterocycles. The lowest BCUT2D eigenvalue weighted by atomic mass is 10.2. The lowest BCUT2D eigenvalue weighted by Gasteiger charge is -2.11. The Morgan fingerprint density at radius 2 is 2.19 bits per heavy atom. The number of benzene rings is 1. The van der Waals surface area contributed by atoms with Crippen molar-refractivity contribution in [2.75, 3.05) is 5.73 Å². The number of para-hydroxylation sites is 1. The van der Waals surface area contributed by atoms with Gasteiger partial charge in [-0.2, -0.15) is 0 Å². The molecule has 0 spiro atoms. The Bertz CT molecular complexity index is 558. The largest absolute Gasteiger partial charge is 0.369 e. The van der Waals surface area contributed by atoms with E-state index in [0.717, 1.165) is 16.6 Å². The molecule has 84 valence electrons. The van der Waals surface area contributed by atoms with Crippen molar-refractivity contribution < 1.29 is 4.79 Å². The lowest BCUT2D eigenvalue weighted by Crippen LogP contribution is -2.24. The molecule has 1 heterocycles. The molecule has 1 atom stereocenters. The molecule has 0 saturated heterocycles. The number of fused-ring (bicyclic) bond motifs is 1. The predicted molar refractivity (Wildman–Crippen MR) is 62.8 cm³/mol. The zero-order valence-corrected chi connectivity index (χ0v) is 9.27. The number of hydrogen-bond acceptors (Lipinski definition) is 3. The molecule has 4 N–H and O–H groups in total. The summed E-state index contributed by atoms with van der Waals surface area (Å²) in [5.74, 6) is -0.108. The maximum atomic E-state index is 11.2. The summed E-state index contributed by atoms with van der Waals surface area (Å²) >= 11 is 0. The molecule has 0 fully saturated rings. The normalized spacial score (nSPS) is 12.9. The fraction of sp³-hybridized carbons (Fsp3) is 0.273. The molecule has 2 rings (SSSR count). The molecule has 0 bridgehead atoms. The van der Waals surface area contributed by atoms with Gasteiger partial charge in [0.1, 0.15) is 6.04 Å². The number of nitrogens with two attached hydrogens (primary N) is 2. The number of imidazole rings is 1. The summed E-state index contributed by atoms with van der Waals surface area (Å²) in [4.78, 5) is 15.4. The number of hydrogen-bond donors (Lipinski definition) is 2. The lowest BCUT2D eigenvalue weighted by molar-refractivity contribution is -0.120. The first-order chi connectivity index (χ1) is 7.52. The first-order valence-corrected chi connectivity index (χ1v) is 5.04.